The molecule has 3 nitrogen and oxygen atoms in total. The van der Waals surface area contributed by atoms with E-state index in [0.29, 0.717) is 12.1 Å². The van der Waals surface area contributed by atoms with Crippen molar-refractivity contribution in [2.24, 2.45) is 11.1 Å². The minimum atomic E-state index is -4.79. The number of benzene rings is 1. The standard InChI is InChI=1S/C13H13F4NO2/c1-12(6-20-5-10(12)18)11(19)7-2-3-8(9(14)4-7)13(15,16)17/h2-4,10H,5-6,18H2,1H3. The van der Waals surface area contributed by atoms with Gasteiger partial charge in [0.2, 0.25) is 0 Å². The molecule has 2 N–H and O–H groups in total. The van der Waals surface area contributed by atoms with Crippen LogP contribution in [0.1, 0.15) is 22.8 Å². The van der Waals surface area contributed by atoms with E-state index in [4.69, 9.17) is 10.5 Å². The third-order valence-electron chi connectivity index (χ3n) is 3.57. The molecule has 0 aromatic heterocycles. The van der Waals surface area contributed by atoms with Gasteiger partial charge < -0.3 is 10.5 Å². The molecule has 1 aromatic carbocycles. The second-order valence-electron chi connectivity index (χ2n) is 5.06. The van der Waals surface area contributed by atoms with E-state index in [2.05, 4.69) is 0 Å². The van der Waals surface area contributed by atoms with Crippen LogP contribution < -0.4 is 5.73 Å². The summed E-state index contributed by atoms with van der Waals surface area (Å²) in [6, 6.07) is 1.56. The Morgan fingerprint density at radius 2 is 2.10 bits per heavy atom. The van der Waals surface area contributed by atoms with E-state index in [1.165, 1.54) is 0 Å². The molecule has 1 heterocycles. The van der Waals surface area contributed by atoms with Crippen molar-refractivity contribution in [2.75, 3.05) is 13.2 Å². The van der Waals surface area contributed by atoms with Crippen molar-refractivity contribution in [1.82, 2.24) is 0 Å². The summed E-state index contributed by atoms with van der Waals surface area (Å²) < 4.78 is 55.9. The maximum atomic E-state index is 13.5. The van der Waals surface area contributed by atoms with Gasteiger partial charge in [-0.3, -0.25) is 4.79 Å². The Morgan fingerprint density at radius 3 is 2.55 bits per heavy atom. The van der Waals surface area contributed by atoms with Crippen molar-refractivity contribution in [3.63, 3.8) is 0 Å². The lowest BCUT2D eigenvalue weighted by Crippen LogP contribution is -2.44. The van der Waals surface area contributed by atoms with Crippen LogP contribution in [-0.2, 0) is 10.9 Å². The Morgan fingerprint density at radius 1 is 1.45 bits per heavy atom. The second-order valence-corrected chi connectivity index (χ2v) is 5.06. The van der Waals surface area contributed by atoms with E-state index in [0.717, 1.165) is 6.07 Å². The van der Waals surface area contributed by atoms with Crippen LogP contribution in [0.4, 0.5) is 17.6 Å². The van der Waals surface area contributed by atoms with Gasteiger partial charge in [-0.05, 0) is 19.1 Å². The summed E-state index contributed by atoms with van der Waals surface area (Å²) in [4.78, 5) is 12.3. The number of carbonyl (C=O) groups excluding carboxylic acids is 1. The van der Waals surface area contributed by atoms with Gasteiger partial charge >= 0.3 is 6.18 Å². The number of Topliss-reactive ketones (excluding diaryl/α,β-unsaturated/α-hetero) is 1. The predicted octanol–water partition coefficient (Wildman–Crippen LogP) is 2.39. The second kappa shape index (κ2) is 4.82. The summed E-state index contributed by atoms with van der Waals surface area (Å²) in [7, 11) is 0. The summed E-state index contributed by atoms with van der Waals surface area (Å²) in [5.41, 5.74) is 3.18. The van der Waals surface area contributed by atoms with Crippen molar-refractivity contribution in [3.05, 3.63) is 35.1 Å². The molecule has 2 atom stereocenters. The number of nitrogens with two attached hydrogens (primary N) is 1. The molecular formula is C13H13F4NO2. The normalized spacial score (nSPS) is 26.8. The lowest BCUT2D eigenvalue weighted by molar-refractivity contribution is -0.140. The fourth-order valence-electron chi connectivity index (χ4n) is 2.14. The Balaban J connectivity index is 2.35. The summed E-state index contributed by atoms with van der Waals surface area (Å²) in [6.45, 7) is 1.81. The molecule has 2 unspecified atom stereocenters. The van der Waals surface area contributed by atoms with Crippen molar-refractivity contribution in [3.8, 4) is 0 Å². The SMILES string of the molecule is CC1(C(=O)c2ccc(C(F)(F)F)c(F)c2)COCC1N. The molecular weight excluding hydrogens is 278 g/mol. The van der Waals surface area contributed by atoms with Crippen molar-refractivity contribution >= 4 is 5.78 Å². The maximum Gasteiger partial charge on any atom is 0.419 e. The van der Waals surface area contributed by atoms with Crippen LogP contribution in [0.3, 0.4) is 0 Å². The molecule has 7 heteroatoms. The number of carbonyl (C=O) groups is 1. The average molecular weight is 291 g/mol. The number of ketones is 1. The Kier molecular flexibility index (Phi) is 3.60. The fourth-order valence-corrected chi connectivity index (χ4v) is 2.14. The molecule has 1 aliphatic heterocycles. The van der Waals surface area contributed by atoms with E-state index in [1.54, 1.807) is 6.92 Å². The highest BCUT2D eigenvalue weighted by Crippen LogP contribution is 2.34. The van der Waals surface area contributed by atoms with Crippen molar-refractivity contribution in [2.45, 2.75) is 19.1 Å². The van der Waals surface area contributed by atoms with Gasteiger partial charge in [0, 0.05) is 11.6 Å². The van der Waals surface area contributed by atoms with E-state index in [9.17, 15) is 22.4 Å². The van der Waals surface area contributed by atoms with Gasteiger partial charge in [-0.25, -0.2) is 4.39 Å². The molecule has 0 saturated carbocycles. The molecule has 0 aliphatic carbocycles. The molecule has 1 aliphatic rings. The molecule has 110 valence electrons. The third-order valence-corrected chi connectivity index (χ3v) is 3.57. The summed E-state index contributed by atoms with van der Waals surface area (Å²) in [6.07, 6.45) is -4.79. The van der Waals surface area contributed by atoms with Gasteiger partial charge in [0.15, 0.2) is 5.78 Å². The fraction of sp³-hybridized carbons (Fsp3) is 0.462. The Labute approximate surface area is 112 Å². The van der Waals surface area contributed by atoms with Gasteiger partial charge in [0.05, 0.1) is 24.2 Å². The zero-order chi connectivity index (χ0) is 15.1. The average Bonchev–Trinajstić information content (AvgIpc) is 2.68. The first-order valence-electron chi connectivity index (χ1n) is 5.91. The first kappa shape index (κ1) is 14.9. The topological polar surface area (TPSA) is 52.3 Å². The molecule has 0 radical (unpaired) electrons. The van der Waals surface area contributed by atoms with Crippen LogP contribution in [0.25, 0.3) is 0 Å². The molecule has 1 fully saturated rings. The van der Waals surface area contributed by atoms with Gasteiger partial charge in [-0.2, -0.15) is 13.2 Å². The zero-order valence-corrected chi connectivity index (χ0v) is 10.6. The maximum absolute atomic E-state index is 13.5. The van der Waals surface area contributed by atoms with E-state index in [1.807, 2.05) is 0 Å². The molecule has 0 bridgehead atoms. The van der Waals surface area contributed by atoms with Gasteiger partial charge in [-0.15, -0.1) is 0 Å². The minimum absolute atomic E-state index is 0.0651. The monoisotopic (exact) mass is 291 g/mol. The highest BCUT2D eigenvalue weighted by molar-refractivity contribution is 6.01. The number of rotatable bonds is 2. The van der Waals surface area contributed by atoms with Crippen molar-refractivity contribution < 1.29 is 27.1 Å². The number of ether oxygens (including phenoxy) is 1. The van der Waals surface area contributed by atoms with Crippen LogP contribution in [0.5, 0.6) is 0 Å². The van der Waals surface area contributed by atoms with Crippen LogP contribution in [0.2, 0.25) is 0 Å². The van der Waals surface area contributed by atoms with E-state index >= 15 is 0 Å². The number of hydrogen-bond acceptors (Lipinski definition) is 3. The van der Waals surface area contributed by atoms with Gasteiger partial charge in [-0.1, -0.05) is 6.07 Å². The van der Waals surface area contributed by atoms with Crippen LogP contribution >= 0.6 is 0 Å². The number of hydrogen-bond donors (Lipinski definition) is 1. The highest BCUT2D eigenvalue weighted by atomic mass is 19.4. The van der Waals surface area contributed by atoms with Crippen molar-refractivity contribution in [1.29, 1.82) is 0 Å². The minimum Gasteiger partial charge on any atom is -0.379 e. The van der Waals surface area contributed by atoms with E-state index in [-0.39, 0.29) is 18.8 Å². The van der Waals surface area contributed by atoms with Crippen LogP contribution in [-0.4, -0.2) is 25.0 Å². The summed E-state index contributed by atoms with van der Waals surface area (Å²) in [5.74, 6) is -1.99. The van der Waals surface area contributed by atoms with Crippen LogP contribution in [0, 0.1) is 11.2 Å². The lowest BCUT2D eigenvalue weighted by atomic mass is 9.78. The molecule has 20 heavy (non-hydrogen) atoms. The zero-order valence-electron chi connectivity index (χ0n) is 10.6. The molecule has 2 rings (SSSR count). The Hall–Kier alpha value is -1.47. The molecule has 1 saturated heterocycles. The molecule has 0 spiro atoms. The summed E-state index contributed by atoms with van der Waals surface area (Å²) in [5, 5.41) is 0. The number of halogens is 4. The van der Waals surface area contributed by atoms with Gasteiger partial charge in [0.1, 0.15) is 5.82 Å². The highest BCUT2D eigenvalue weighted by Gasteiger charge is 2.45. The Bertz CT molecular complexity index is 544. The first-order chi connectivity index (χ1) is 9.16. The van der Waals surface area contributed by atoms with Crippen LogP contribution in [0.15, 0.2) is 18.2 Å². The third kappa shape index (κ3) is 2.43. The van der Waals surface area contributed by atoms with Gasteiger partial charge in [0.25, 0.3) is 0 Å². The first-order valence-corrected chi connectivity index (χ1v) is 5.91. The predicted molar refractivity (Wildman–Crippen MR) is 62.6 cm³/mol. The largest absolute Gasteiger partial charge is 0.419 e. The molecule has 1 aromatic rings. The smallest absolute Gasteiger partial charge is 0.379 e. The number of alkyl halides is 3. The van der Waals surface area contributed by atoms with E-state index < -0.39 is 34.8 Å². The summed E-state index contributed by atoms with van der Waals surface area (Å²) >= 11 is 0. The molecule has 0 amide bonds. The lowest BCUT2D eigenvalue weighted by Gasteiger charge is -2.25. The quantitative estimate of drug-likeness (QED) is 0.672.